The van der Waals surface area contributed by atoms with Gasteiger partial charge in [0.15, 0.2) is 0 Å². The lowest BCUT2D eigenvalue weighted by molar-refractivity contribution is 0.567. The number of sulfone groups is 1. The third-order valence-electron chi connectivity index (χ3n) is 2.62. The van der Waals surface area contributed by atoms with Crippen molar-refractivity contribution < 1.29 is 12.8 Å². The molecule has 4 nitrogen and oxygen atoms in total. The van der Waals surface area contributed by atoms with E-state index >= 15 is 0 Å². The maximum absolute atomic E-state index is 13.8. The summed E-state index contributed by atoms with van der Waals surface area (Å²) in [6, 6.07) is 10.9. The summed E-state index contributed by atoms with van der Waals surface area (Å²) in [5.74, 6) is 0. The molecule has 1 heterocycles. The Hall–Kier alpha value is -2.08. The molecule has 0 aliphatic carbocycles. The molecule has 0 saturated heterocycles. The largest absolute Gasteiger partial charge is 0.268 e. The van der Waals surface area contributed by atoms with Crippen LogP contribution >= 0.6 is 0 Å². The van der Waals surface area contributed by atoms with Crippen LogP contribution in [0.3, 0.4) is 0 Å². The third kappa shape index (κ3) is 3.48. The Morgan fingerprint density at radius 3 is 2.40 bits per heavy atom. The first-order valence-corrected chi connectivity index (χ1v) is 7.51. The summed E-state index contributed by atoms with van der Waals surface area (Å²) in [6.45, 7) is 0. The fraction of sp³-hybridized carbons (Fsp3) is 0.143. The van der Waals surface area contributed by atoms with Crippen molar-refractivity contribution in [3.8, 4) is 0 Å². The van der Waals surface area contributed by atoms with Gasteiger partial charge in [0.25, 0.3) is 15.0 Å². The van der Waals surface area contributed by atoms with Crippen molar-refractivity contribution in [3.63, 3.8) is 0 Å². The van der Waals surface area contributed by atoms with E-state index in [0.717, 1.165) is 11.6 Å². The molecule has 2 rings (SSSR count). The first kappa shape index (κ1) is 14.3. The second-order valence-corrected chi connectivity index (χ2v) is 5.83. The van der Waals surface area contributed by atoms with Crippen LogP contribution in [0, 0.1) is 0 Å². The molecule has 0 N–H and O–H groups in total. The molecule has 0 atom stereocenters. The minimum Gasteiger partial charge on any atom is -0.226 e. The van der Waals surface area contributed by atoms with Gasteiger partial charge in [-0.15, -0.1) is 0 Å². The fourth-order valence-corrected chi connectivity index (χ4v) is 2.53. The van der Waals surface area contributed by atoms with E-state index in [4.69, 9.17) is 0 Å². The zero-order valence-corrected chi connectivity index (χ0v) is 11.4. The molecule has 1 aromatic heterocycles. The van der Waals surface area contributed by atoms with Crippen LogP contribution in [-0.2, 0) is 16.3 Å². The highest BCUT2D eigenvalue weighted by atomic mass is 32.2. The van der Waals surface area contributed by atoms with E-state index in [9.17, 15) is 12.8 Å². The summed E-state index contributed by atoms with van der Waals surface area (Å²) in [4.78, 5) is 7.12. The lowest BCUT2D eigenvalue weighted by atomic mass is 10.1. The molecule has 0 fully saturated rings. The predicted octanol–water partition coefficient (Wildman–Crippen LogP) is 2.69. The minimum atomic E-state index is -4.22. The molecule has 0 amide bonds. The second kappa shape index (κ2) is 6.38. The van der Waals surface area contributed by atoms with Crippen LogP contribution in [0.2, 0.25) is 0 Å². The summed E-state index contributed by atoms with van der Waals surface area (Å²) in [7, 11) is -4.22. The first-order valence-electron chi connectivity index (χ1n) is 6.02. The SMILES string of the molecule is O=S(=O)(/C(F)=C\CCc1ccccc1)c1ncccn1. The topological polar surface area (TPSA) is 59.9 Å². The van der Waals surface area contributed by atoms with Crippen molar-refractivity contribution in [3.05, 3.63) is 65.6 Å². The van der Waals surface area contributed by atoms with Crippen LogP contribution < -0.4 is 0 Å². The summed E-state index contributed by atoms with van der Waals surface area (Å²) in [5.41, 5.74) is 1.02. The molecule has 0 unspecified atom stereocenters. The number of halogens is 1. The Morgan fingerprint density at radius 1 is 1.10 bits per heavy atom. The Labute approximate surface area is 116 Å². The van der Waals surface area contributed by atoms with Crippen LogP contribution in [0.25, 0.3) is 0 Å². The number of hydrogen-bond acceptors (Lipinski definition) is 4. The van der Waals surface area contributed by atoms with Gasteiger partial charge >= 0.3 is 0 Å². The van der Waals surface area contributed by atoms with Gasteiger partial charge in [-0.3, -0.25) is 0 Å². The minimum absolute atomic E-state index is 0.294. The van der Waals surface area contributed by atoms with Crippen molar-refractivity contribution >= 4 is 9.84 Å². The molecule has 104 valence electrons. The predicted molar refractivity (Wildman–Crippen MR) is 73.2 cm³/mol. The quantitative estimate of drug-likeness (QED) is 0.795. The number of aryl methyl sites for hydroxylation is 1. The van der Waals surface area contributed by atoms with Crippen LogP contribution in [0.15, 0.2) is 65.2 Å². The zero-order valence-electron chi connectivity index (χ0n) is 10.6. The van der Waals surface area contributed by atoms with Gasteiger partial charge in [0.05, 0.1) is 0 Å². The normalized spacial score (nSPS) is 12.3. The first-order chi connectivity index (χ1) is 9.60. The Balaban J connectivity index is 2.07. The molecular weight excluding hydrogens is 279 g/mol. The highest BCUT2D eigenvalue weighted by Crippen LogP contribution is 2.17. The van der Waals surface area contributed by atoms with E-state index in [1.807, 2.05) is 30.3 Å². The molecule has 0 saturated carbocycles. The van der Waals surface area contributed by atoms with E-state index in [-0.39, 0.29) is 0 Å². The van der Waals surface area contributed by atoms with Crippen LogP contribution in [0.1, 0.15) is 12.0 Å². The van der Waals surface area contributed by atoms with Crippen molar-refractivity contribution in [1.82, 2.24) is 9.97 Å². The van der Waals surface area contributed by atoms with Gasteiger partial charge in [-0.1, -0.05) is 30.3 Å². The summed E-state index contributed by atoms with van der Waals surface area (Å²) >= 11 is 0. The highest BCUT2D eigenvalue weighted by molar-refractivity contribution is 7.94. The van der Waals surface area contributed by atoms with Gasteiger partial charge in [0.1, 0.15) is 0 Å². The van der Waals surface area contributed by atoms with E-state index in [0.29, 0.717) is 12.8 Å². The van der Waals surface area contributed by atoms with Gasteiger partial charge in [-0.05, 0) is 30.5 Å². The van der Waals surface area contributed by atoms with Gasteiger partial charge in [0.2, 0.25) is 5.16 Å². The second-order valence-electron chi connectivity index (χ2n) is 4.07. The standard InChI is InChI=1S/C14H13FN2O2S/c15-13(9-4-8-12-6-2-1-3-7-12)20(18,19)14-16-10-5-11-17-14/h1-3,5-7,9-11H,4,8H2/b13-9-. The summed E-state index contributed by atoms with van der Waals surface area (Å²) in [5, 5.41) is -1.73. The summed E-state index contributed by atoms with van der Waals surface area (Å²) in [6.07, 6.45) is 4.44. The number of hydrogen-bond donors (Lipinski definition) is 0. The van der Waals surface area contributed by atoms with Crippen molar-refractivity contribution in [1.29, 1.82) is 0 Å². The molecule has 2 aromatic rings. The molecule has 20 heavy (non-hydrogen) atoms. The van der Waals surface area contributed by atoms with Crippen LogP contribution in [0.5, 0.6) is 0 Å². The molecule has 0 bridgehead atoms. The van der Waals surface area contributed by atoms with Crippen molar-refractivity contribution in [2.45, 2.75) is 18.0 Å². The van der Waals surface area contributed by atoms with Crippen molar-refractivity contribution in [2.75, 3.05) is 0 Å². The molecule has 0 aliphatic heterocycles. The van der Waals surface area contributed by atoms with E-state index < -0.39 is 20.2 Å². The average Bonchev–Trinajstić information content (AvgIpc) is 2.49. The summed E-state index contributed by atoms with van der Waals surface area (Å²) < 4.78 is 37.4. The molecule has 0 radical (unpaired) electrons. The lowest BCUT2D eigenvalue weighted by Gasteiger charge is -2.00. The van der Waals surface area contributed by atoms with Gasteiger partial charge in [0, 0.05) is 12.4 Å². The lowest BCUT2D eigenvalue weighted by Crippen LogP contribution is -2.06. The zero-order chi connectivity index (χ0) is 14.4. The maximum Gasteiger partial charge on any atom is 0.268 e. The van der Waals surface area contributed by atoms with Crippen LogP contribution in [0.4, 0.5) is 4.39 Å². The fourth-order valence-electron chi connectivity index (χ4n) is 1.62. The van der Waals surface area contributed by atoms with Crippen LogP contribution in [-0.4, -0.2) is 18.4 Å². The Bertz CT molecular complexity index is 686. The highest BCUT2D eigenvalue weighted by Gasteiger charge is 2.23. The van der Waals surface area contributed by atoms with Crippen molar-refractivity contribution in [2.24, 2.45) is 0 Å². The van der Waals surface area contributed by atoms with Gasteiger partial charge in [-0.25, -0.2) is 18.4 Å². The Morgan fingerprint density at radius 2 is 1.75 bits per heavy atom. The maximum atomic E-state index is 13.8. The molecular formula is C14H13FN2O2S. The molecule has 0 aliphatic rings. The number of aromatic nitrogens is 2. The number of benzene rings is 1. The van der Waals surface area contributed by atoms with Gasteiger partial charge < -0.3 is 0 Å². The number of nitrogens with zero attached hydrogens (tertiary/aromatic N) is 2. The Kier molecular flexibility index (Phi) is 4.57. The average molecular weight is 292 g/mol. The van der Waals surface area contributed by atoms with E-state index in [1.165, 1.54) is 18.5 Å². The van der Waals surface area contributed by atoms with E-state index in [1.54, 1.807) is 0 Å². The number of allylic oxidation sites excluding steroid dienone is 1. The molecule has 0 spiro atoms. The number of rotatable bonds is 5. The third-order valence-corrected chi connectivity index (χ3v) is 3.99. The van der Waals surface area contributed by atoms with E-state index in [2.05, 4.69) is 9.97 Å². The monoisotopic (exact) mass is 292 g/mol. The molecule has 1 aromatic carbocycles. The smallest absolute Gasteiger partial charge is 0.226 e. The molecule has 6 heteroatoms. The van der Waals surface area contributed by atoms with Gasteiger partial charge in [-0.2, -0.15) is 4.39 Å².